The van der Waals surface area contributed by atoms with Crippen LogP contribution in [0.15, 0.2) is 18.6 Å². The van der Waals surface area contributed by atoms with E-state index in [1.165, 1.54) is 0 Å². The molecule has 4 nitrogen and oxygen atoms in total. The zero-order valence-electron chi connectivity index (χ0n) is 6.86. The van der Waals surface area contributed by atoms with E-state index in [2.05, 4.69) is 9.97 Å². The first-order chi connectivity index (χ1) is 5.81. The fraction of sp³-hybridized carbons (Fsp3) is 0.250. The van der Waals surface area contributed by atoms with Crippen LogP contribution >= 0.6 is 0 Å². The Balaban J connectivity index is 2.78. The van der Waals surface area contributed by atoms with Crippen molar-refractivity contribution < 1.29 is 0 Å². The van der Waals surface area contributed by atoms with Crippen molar-refractivity contribution in [1.29, 1.82) is 0 Å². The molecule has 0 aliphatic heterocycles. The van der Waals surface area contributed by atoms with Gasteiger partial charge in [0.1, 0.15) is 0 Å². The molecule has 2 aromatic heterocycles. The van der Waals surface area contributed by atoms with Gasteiger partial charge in [-0.25, -0.2) is 4.98 Å². The van der Waals surface area contributed by atoms with E-state index in [4.69, 9.17) is 5.73 Å². The van der Waals surface area contributed by atoms with Crippen molar-refractivity contribution in [2.45, 2.75) is 13.5 Å². The van der Waals surface area contributed by atoms with Gasteiger partial charge in [-0.05, 0) is 6.92 Å². The molecule has 0 amide bonds. The highest BCUT2D eigenvalue weighted by atomic mass is 15.0. The summed E-state index contributed by atoms with van der Waals surface area (Å²) in [5.41, 5.74) is 8.19. The van der Waals surface area contributed by atoms with Crippen molar-refractivity contribution in [3.8, 4) is 0 Å². The van der Waals surface area contributed by atoms with E-state index in [9.17, 15) is 0 Å². The SMILES string of the molecule is Cc1cn2ccnc(CN)c2n1. The number of nitrogens with zero attached hydrogens (tertiary/aromatic N) is 3. The highest BCUT2D eigenvalue weighted by molar-refractivity contribution is 5.44. The van der Waals surface area contributed by atoms with Gasteiger partial charge in [0.15, 0.2) is 5.65 Å². The van der Waals surface area contributed by atoms with Gasteiger partial charge in [-0.1, -0.05) is 0 Å². The molecule has 0 fully saturated rings. The normalized spacial score (nSPS) is 10.8. The van der Waals surface area contributed by atoms with Gasteiger partial charge in [0.05, 0.1) is 11.4 Å². The largest absolute Gasteiger partial charge is 0.325 e. The van der Waals surface area contributed by atoms with Crippen LogP contribution in [0.3, 0.4) is 0 Å². The van der Waals surface area contributed by atoms with Gasteiger partial charge in [-0.15, -0.1) is 0 Å². The van der Waals surface area contributed by atoms with Gasteiger partial charge >= 0.3 is 0 Å². The molecule has 2 rings (SSSR count). The molecule has 4 heteroatoms. The summed E-state index contributed by atoms with van der Waals surface area (Å²) in [7, 11) is 0. The Hall–Kier alpha value is -1.42. The lowest BCUT2D eigenvalue weighted by atomic mass is 10.4. The zero-order chi connectivity index (χ0) is 8.55. The lowest BCUT2D eigenvalue weighted by Gasteiger charge is -1.96. The van der Waals surface area contributed by atoms with E-state index in [0.29, 0.717) is 6.54 Å². The second-order valence-corrected chi connectivity index (χ2v) is 2.69. The molecular formula is C8H10N4. The number of fused-ring (bicyclic) bond motifs is 1. The third kappa shape index (κ3) is 0.967. The van der Waals surface area contributed by atoms with Crippen LogP contribution in [0.25, 0.3) is 5.65 Å². The molecule has 0 aliphatic carbocycles. The van der Waals surface area contributed by atoms with Gasteiger partial charge in [-0.2, -0.15) is 0 Å². The van der Waals surface area contributed by atoms with Gasteiger partial charge in [0, 0.05) is 25.1 Å². The molecular weight excluding hydrogens is 152 g/mol. The van der Waals surface area contributed by atoms with Crippen LogP contribution in [-0.2, 0) is 6.54 Å². The van der Waals surface area contributed by atoms with E-state index in [-0.39, 0.29) is 0 Å². The van der Waals surface area contributed by atoms with Crippen molar-refractivity contribution in [1.82, 2.24) is 14.4 Å². The fourth-order valence-electron chi connectivity index (χ4n) is 1.24. The molecule has 0 saturated carbocycles. The first-order valence-corrected chi connectivity index (χ1v) is 3.80. The fourth-order valence-corrected chi connectivity index (χ4v) is 1.24. The summed E-state index contributed by atoms with van der Waals surface area (Å²) in [6.45, 7) is 2.38. The molecule has 0 saturated heterocycles. The predicted octanol–water partition coefficient (Wildman–Crippen LogP) is 0.496. The number of rotatable bonds is 1. The summed E-state index contributed by atoms with van der Waals surface area (Å²) in [5, 5.41) is 0. The Labute approximate surface area is 70.1 Å². The second-order valence-electron chi connectivity index (χ2n) is 2.69. The van der Waals surface area contributed by atoms with Crippen molar-refractivity contribution in [2.75, 3.05) is 0 Å². The smallest absolute Gasteiger partial charge is 0.160 e. The summed E-state index contributed by atoms with van der Waals surface area (Å²) in [6.07, 6.45) is 5.56. The van der Waals surface area contributed by atoms with Crippen LogP contribution < -0.4 is 5.73 Å². The van der Waals surface area contributed by atoms with Crippen LogP contribution in [0.2, 0.25) is 0 Å². The average Bonchev–Trinajstić information content (AvgIpc) is 2.44. The van der Waals surface area contributed by atoms with Crippen LogP contribution in [0, 0.1) is 6.92 Å². The Morgan fingerprint density at radius 3 is 3.17 bits per heavy atom. The molecule has 62 valence electrons. The maximum Gasteiger partial charge on any atom is 0.160 e. The molecule has 2 heterocycles. The summed E-state index contributed by atoms with van der Waals surface area (Å²) in [6, 6.07) is 0. The van der Waals surface area contributed by atoms with Crippen molar-refractivity contribution in [3.05, 3.63) is 30.0 Å². The van der Waals surface area contributed by atoms with Gasteiger partial charge in [0.2, 0.25) is 0 Å². The van der Waals surface area contributed by atoms with Crippen LogP contribution in [0.1, 0.15) is 11.4 Å². The molecule has 2 N–H and O–H groups in total. The van der Waals surface area contributed by atoms with E-state index in [1.807, 2.05) is 23.7 Å². The molecule has 0 unspecified atom stereocenters. The molecule has 2 aromatic rings. The van der Waals surface area contributed by atoms with E-state index < -0.39 is 0 Å². The predicted molar refractivity (Wildman–Crippen MR) is 45.6 cm³/mol. The Bertz CT molecular complexity index is 404. The first kappa shape index (κ1) is 7.24. The lowest BCUT2D eigenvalue weighted by molar-refractivity contribution is 0.962. The number of imidazole rings is 1. The van der Waals surface area contributed by atoms with Crippen LogP contribution in [0.5, 0.6) is 0 Å². The van der Waals surface area contributed by atoms with Gasteiger partial charge in [-0.3, -0.25) is 4.98 Å². The van der Waals surface area contributed by atoms with Crippen LogP contribution in [-0.4, -0.2) is 14.4 Å². The second kappa shape index (κ2) is 2.57. The minimum absolute atomic E-state index is 0.431. The summed E-state index contributed by atoms with van der Waals surface area (Å²) >= 11 is 0. The lowest BCUT2D eigenvalue weighted by Crippen LogP contribution is -2.02. The maximum absolute atomic E-state index is 5.51. The van der Waals surface area contributed by atoms with E-state index in [1.54, 1.807) is 6.20 Å². The highest BCUT2D eigenvalue weighted by Crippen LogP contribution is 2.06. The molecule has 12 heavy (non-hydrogen) atoms. The summed E-state index contributed by atoms with van der Waals surface area (Å²) in [5.74, 6) is 0. The monoisotopic (exact) mass is 162 g/mol. The number of hydrogen-bond acceptors (Lipinski definition) is 3. The topological polar surface area (TPSA) is 56.2 Å². The van der Waals surface area contributed by atoms with Crippen molar-refractivity contribution in [3.63, 3.8) is 0 Å². The molecule has 0 bridgehead atoms. The number of aryl methyl sites for hydroxylation is 1. The Morgan fingerprint density at radius 2 is 2.42 bits per heavy atom. The Kier molecular flexibility index (Phi) is 1.55. The molecule has 0 radical (unpaired) electrons. The Morgan fingerprint density at radius 1 is 1.58 bits per heavy atom. The summed E-state index contributed by atoms with van der Waals surface area (Å²) in [4.78, 5) is 8.43. The quantitative estimate of drug-likeness (QED) is 0.664. The molecule has 0 atom stereocenters. The third-order valence-corrected chi connectivity index (χ3v) is 1.76. The third-order valence-electron chi connectivity index (χ3n) is 1.76. The minimum atomic E-state index is 0.431. The number of aromatic nitrogens is 3. The zero-order valence-corrected chi connectivity index (χ0v) is 6.86. The average molecular weight is 162 g/mol. The summed E-state index contributed by atoms with van der Waals surface area (Å²) < 4.78 is 1.94. The van der Waals surface area contributed by atoms with Crippen molar-refractivity contribution in [2.24, 2.45) is 5.73 Å². The molecule has 0 aromatic carbocycles. The van der Waals surface area contributed by atoms with Crippen LogP contribution in [0.4, 0.5) is 0 Å². The highest BCUT2D eigenvalue weighted by Gasteiger charge is 2.02. The van der Waals surface area contributed by atoms with Gasteiger partial charge < -0.3 is 10.1 Å². The van der Waals surface area contributed by atoms with Crippen molar-refractivity contribution >= 4 is 5.65 Å². The maximum atomic E-state index is 5.51. The molecule has 0 spiro atoms. The first-order valence-electron chi connectivity index (χ1n) is 3.80. The number of hydrogen-bond donors (Lipinski definition) is 1. The van der Waals surface area contributed by atoms with Gasteiger partial charge in [0.25, 0.3) is 0 Å². The molecule has 0 aliphatic rings. The number of nitrogens with two attached hydrogens (primary N) is 1. The van der Waals surface area contributed by atoms with E-state index >= 15 is 0 Å². The standard InChI is InChI=1S/C8H10N4/c1-6-5-12-3-2-10-7(4-9)8(12)11-6/h2-3,5H,4,9H2,1H3. The minimum Gasteiger partial charge on any atom is -0.325 e. The van der Waals surface area contributed by atoms with E-state index in [0.717, 1.165) is 17.0 Å².